The van der Waals surface area contributed by atoms with Crippen LogP contribution in [-0.4, -0.2) is 26.8 Å². The molecule has 0 bridgehead atoms. The number of hydrogen-bond acceptors (Lipinski definition) is 2. The summed E-state index contributed by atoms with van der Waals surface area (Å²) in [5, 5.41) is 0. The lowest BCUT2D eigenvalue weighted by atomic mass is 10.8. The average molecular weight is 220 g/mol. The van der Waals surface area contributed by atoms with E-state index in [1.807, 2.05) is 26.2 Å². The molecule has 15 heavy (non-hydrogen) atoms. The molecular weight excluding hydrogens is 204 g/mol. The van der Waals surface area contributed by atoms with Crippen molar-refractivity contribution in [1.82, 2.24) is 18.4 Å². The Morgan fingerprint density at radius 1 is 0.933 bits per heavy atom. The van der Waals surface area contributed by atoms with Crippen LogP contribution in [0.4, 0.5) is 0 Å². The van der Waals surface area contributed by atoms with Crippen LogP contribution in [0.3, 0.4) is 0 Å². The van der Waals surface area contributed by atoms with Gasteiger partial charge in [-0.05, 0) is 26.9 Å². The second-order valence-corrected chi connectivity index (χ2v) is 8.14. The van der Waals surface area contributed by atoms with E-state index in [1.165, 1.54) is 0 Å². The van der Waals surface area contributed by atoms with Gasteiger partial charge in [-0.2, -0.15) is 0 Å². The van der Waals surface area contributed by atoms with Gasteiger partial charge in [0.25, 0.3) is 8.40 Å². The summed E-state index contributed by atoms with van der Waals surface area (Å²) >= 11 is 0. The second kappa shape index (κ2) is 3.34. The number of aryl methyl sites for hydroxylation is 2. The highest BCUT2D eigenvalue weighted by atomic mass is 28.3. The van der Waals surface area contributed by atoms with Crippen LogP contribution in [0.25, 0.3) is 0 Å². The monoisotopic (exact) mass is 220 g/mol. The summed E-state index contributed by atoms with van der Waals surface area (Å²) in [6.07, 6.45) is 7.83. The first-order valence-electron chi connectivity index (χ1n) is 5.04. The molecule has 0 aromatic carbocycles. The highest BCUT2D eigenvalue weighted by Gasteiger charge is 2.28. The minimum atomic E-state index is -1.73. The van der Waals surface area contributed by atoms with Crippen molar-refractivity contribution in [2.75, 3.05) is 0 Å². The van der Waals surface area contributed by atoms with Gasteiger partial charge in [-0.15, -0.1) is 0 Å². The molecular formula is C10H16N4Si. The number of hydrogen-bond donors (Lipinski definition) is 0. The summed E-state index contributed by atoms with van der Waals surface area (Å²) in [6.45, 7) is 8.66. The molecule has 0 saturated carbocycles. The van der Waals surface area contributed by atoms with E-state index in [0.717, 1.165) is 11.6 Å². The van der Waals surface area contributed by atoms with Crippen LogP contribution < -0.4 is 0 Å². The fourth-order valence-corrected chi connectivity index (χ4v) is 4.82. The van der Waals surface area contributed by atoms with E-state index in [9.17, 15) is 0 Å². The van der Waals surface area contributed by atoms with E-state index in [1.54, 1.807) is 0 Å². The Labute approximate surface area is 90.8 Å². The van der Waals surface area contributed by atoms with Crippen LogP contribution in [0.1, 0.15) is 11.6 Å². The highest BCUT2D eigenvalue weighted by molar-refractivity contribution is 6.74. The van der Waals surface area contributed by atoms with Gasteiger partial charge >= 0.3 is 0 Å². The molecule has 0 aliphatic heterocycles. The Bertz CT molecular complexity index is 427. The van der Waals surface area contributed by atoms with Crippen molar-refractivity contribution >= 4 is 8.40 Å². The minimum absolute atomic E-state index is 1.07. The van der Waals surface area contributed by atoms with Gasteiger partial charge < -0.3 is 8.47 Å². The lowest BCUT2D eigenvalue weighted by molar-refractivity contribution is 0.921. The molecule has 0 radical (unpaired) electrons. The molecule has 0 saturated heterocycles. The lowest BCUT2D eigenvalue weighted by Crippen LogP contribution is -2.45. The molecule has 0 N–H and O–H groups in total. The second-order valence-electron chi connectivity index (χ2n) is 4.18. The average Bonchev–Trinajstić information content (AvgIpc) is 2.73. The summed E-state index contributed by atoms with van der Waals surface area (Å²) < 4.78 is 4.56. The Morgan fingerprint density at radius 2 is 1.33 bits per heavy atom. The molecule has 0 aliphatic carbocycles. The van der Waals surface area contributed by atoms with Crippen LogP contribution in [-0.2, 0) is 0 Å². The van der Waals surface area contributed by atoms with Crippen molar-refractivity contribution in [1.29, 1.82) is 0 Å². The fourth-order valence-electron chi connectivity index (χ4n) is 2.03. The first-order valence-corrected chi connectivity index (χ1v) is 7.94. The summed E-state index contributed by atoms with van der Waals surface area (Å²) in [6, 6.07) is 0. The Kier molecular flexibility index (Phi) is 2.26. The van der Waals surface area contributed by atoms with Crippen molar-refractivity contribution in [3.63, 3.8) is 0 Å². The maximum absolute atomic E-state index is 4.29. The molecule has 2 heterocycles. The van der Waals surface area contributed by atoms with Gasteiger partial charge in [-0.3, -0.25) is 0 Å². The number of nitrogens with zero attached hydrogens (tertiary/aromatic N) is 4. The van der Waals surface area contributed by atoms with Crippen molar-refractivity contribution in [2.24, 2.45) is 0 Å². The van der Waals surface area contributed by atoms with Crippen LogP contribution >= 0.6 is 0 Å². The van der Waals surface area contributed by atoms with Crippen LogP contribution in [0.2, 0.25) is 13.1 Å². The number of rotatable bonds is 2. The zero-order valence-corrected chi connectivity index (χ0v) is 10.6. The molecule has 0 spiro atoms. The van der Waals surface area contributed by atoms with E-state index < -0.39 is 8.40 Å². The lowest BCUT2D eigenvalue weighted by Gasteiger charge is -2.27. The van der Waals surface area contributed by atoms with Gasteiger partial charge in [-0.1, -0.05) is 0 Å². The van der Waals surface area contributed by atoms with Gasteiger partial charge in [0, 0.05) is 24.8 Å². The van der Waals surface area contributed by atoms with Crippen LogP contribution in [0.15, 0.2) is 24.8 Å². The molecule has 0 aliphatic rings. The van der Waals surface area contributed by atoms with Gasteiger partial charge in [0.2, 0.25) is 0 Å². The first kappa shape index (κ1) is 10.2. The number of imidazole rings is 2. The summed E-state index contributed by atoms with van der Waals surface area (Å²) in [4.78, 5) is 8.57. The third-order valence-electron chi connectivity index (χ3n) is 2.83. The molecule has 2 aromatic heterocycles. The third kappa shape index (κ3) is 1.52. The van der Waals surface area contributed by atoms with E-state index in [0.29, 0.717) is 0 Å². The van der Waals surface area contributed by atoms with Gasteiger partial charge in [-0.25, -0.2) is 9.97 Å². The van der Waals surface area contributed by atoms with Crippen molar-refractivity contribution in [3.05, 3.63) is 36.4 Å². The summed E-state index contributed by atoms with van der Waals surface area (Å²) in [5.41, 5.74) is 0. The van der Waals surface area contributed by atoms with Gasteiger partial charge in [0.15, 0.2) is 0 Å². The van der Waals surface area contributed by atoms with Gasteiger partial charge in [0.1, 0.15) is 0 Å². The Balaban J connectivity index is 2.53. The van der Waals surface area contributed by atoms with Crippen molar-refractivity contribution < 1.29 is 0 Å². The summed E-state index contributed by atoms with van der Waals surface area (Å²) in [7, 11) is -1.73. The standard InChI is InChI=1S/C10H16N4Si/c1-9-11-5-7-13(9)15(3,4)14-8-6-12-10(14)2/h5-8H,1-4H3. The van der Waals surface area contributed by atoms with E-state index >= 15 is 0 Å². The molecule has 0 fully saturated rings. The maximum atomic E-state index is 4.29. The largest absolute Gasteiger partial charge is 0.344 e. The molecule has 0 unspecified atom stereocenters. The molecule has 5 heteroatoms. The number of aromatic nitrogens is 4. The smallest absolute Gasteiger partial charge is 0.268 e. The zero-order valence-electron chi connectivity index (χ0n) is 9.60. The zero-order chi connectivity index (χ0) is 11.1. The predicted octanol–water partition coefficient (Wildman–Crippen LogP) is 1.79. The SMILES string of the molecule is Cc1nccn1[Si](C)(C)n1ccnc1C. The molecule has 0 amide bonds. The van der Waals surface area contributed by atoms with Crippen LogP contribution in [0.5, 0.6) is 0 Å². The van der Waals surface area contributed by atoms with E-state index in [2.05, 4.69) is 43.9 Å². The molecule has 4 nitrogen and oxygen atoms in total. The predicted molar refractivity (Wildman–Crippen MR) is 62.2 cm³/mol. The van der Waals surface area contributed by atoms with Crippen molar-refractivity contribution in [3.8, 4) is 0 Å². The molecule has 2 aromatic rings. The Morgan fingerprint density at radius 3 is 1.60 bits per heavy atom. The third-order valence-corrected chi connectivity index (χ3v) is 6.13. The Hall–Kier alpha value is -1.36. The van der Waals surface area contributed by atoms with Gasteiger partial charge in [0.05, 0.1) is 11.6 Å². The molecule has 2 rings (SSSR count). The quantitative estimate of drug-likeness (QED) is 0.723. The summed E-state index contributed by atoms with van der Waals surface area (Å²) in [5.74, 6) is 2.14. The normalized spacial score (nSPS) is 12.0. The topological polar surface area (TPSA) is 35.6 Å². The maximum Gasteiger partial charge on any atom is 0.268 e. The molecule has 80 valence electrons. The van der Waals surface area contributed by atoms with E-state index in [-0.39, 0.29) is 0 Å². The minimum Gasteiger partial charge on any atom is -0.344 e. The van der Waals surface area contributed by atoms with Crippen LogP contribution in [0, 0.1) is 13.8 Å². The first-order chi connectivity index (χ1) is 7.03. The van der Waals surface area contributed by atoms with Crippen molar-refractivity contribution in [2.45, 2.75) is 26.9 Å². The van der Waals surface area contributed by atoms with E-state index in [4.69, 9.17) is 0 Å². The fraction of sp³-hybridized carbons (Fsp3) is 0.400. The highest BCUT2D eigenvalue weighted by Crippen LogP contribution is 2.14. The molecule has 0 atom stereocenters.